The van der Waals surface area contributed by atoms with Crippen molar-refractivity contribution in [2.75, 3.05) is 30.3 Å². The minimum Gasteiger partial charge on any atom is -0.416 e. The first-order valence-corrected chi connectivity index (χ1v) is 14.3. The number of hydrogen-bond donors (Lipinski definition) is 0. The van der Waals surface area contributed by atoms with Gasteiger partial charge in [0, 0.05) is 31.2 Å². The van der Waals surface area contributed by atoms with E-state index in [9.17, 15) is 13.2 Å². The van der Waals surface area contributed by atoms with Crippen LogP contribution in [0, 0.1) is 0 Å². The van der Waals surface area contributed by atoms with Crippen molar-refractivity contribution in [2.24, 2.45) is 0 Å². The van der Waals surface area contributed by atoms with Gasteiger partial charge in [-0.15, -0.1) is 10.2 Å². The number of anilines is 1. The van der Waals surface area contributed by atoms with Crippen LogP contribution in [0.4, 0.5) is 5.69 Å². The summed E-state index contributed by atoms with van der Waals surface area (Å²) in [6, 6.07) is 5.15. The first kappa shape index (κ1) is 22.9. The molecule has 0 spiro atoms. The van der Waals surface area contributed by atoms with Crippen LogP contribution in [-0.2, 0) is 21.2 Å². The fraction of sp³-hybridized carbons (Fsp3) is 0.609. The first-order chi connectivity index (χ1) is 16.0. The second kappa shape index (κ2) is 9.76. The summed E-state index contributed by atoms with van der Waals surface area (Å²) >= 11 is 1.27. The van der Waals surface area contributed by atoms with Crippen molar-refractivity contribution >= 4 is 33.4 Å². The highest BCUT2D eigenvalue weighted by Crippen LogP contribution is 2.34. The predicted molar refractivity (Wildman–Crippen MR) is 126 cm³/mol. The molecule has 1 aliphatic carbocycles. The molecule has 2 aliphatic heterocycles. The zero-order valence-electron chi connectivity index (χ0n) is 18.7. The smallest absolute Gasteiger partial charge is 0.277 e. The summed E-state index contributed by atoms with van der Waals surface area (Å²) in [4.78, 5) is 15.0. The van der Waals surface area contributed by atoms with Crippen molar-refractivity contribution in [3.63, 3.8) is 0 Å². The highest BCUT2D eigenvalue weighted by atomic mass is 32.2. The third-order valence-corrected chi connectivity index (χ3v) is 9.59. The molecule has 1 saturated heterocycles. The second-order valence-electron chi connectivity index (χ2n) is 9.08. The zero-order chi connectivity index (χ0) is 22.8. The summed E-state index contributed by atoms with van der Waals surface area (Å²) in [6.45, 7) is 1.72. The molecule has 178 valence electrons. The summed E-state index contributed by atoms with van der Waals surface area (Å²) in [6.07, 6.45) is 9.39. The number of fused-ring (bicyclic) bond motifs is 1. The summed E-state index contributed by atoms with van der Waals surface area (Å²) in [5.74, 6) is 1.21. The third-order valence-electron chi connectivity index (χ3n) is 6.90. The van der Waals surface area contributed by atoms with Gasteiger partial charge in [0.15, 0.2) is 0 Å². The number of rotatable bonds is 6. The van der Waals surface area contributed by atoms with Crippen molar-refractivity contribution in [3.05, 3.63) is 29.7 Å². The lowest BCUT2D eigenvalue weighted by Crippen LogP contribution is -2.35. The third kappa shape index (κ3) is 4.83. The number of piperidine rings is 1. The van der Waals surface area contributed by atoms with Crippen LogP contribution in [-0.4, -0.2) is 54.2 Å². The summed E-state index contributed by atoms with van der Waals surface area (Å²) in [7, 11) is -3.48. The molecule has 1 aromatic heterocycles. The maximum absolute atomic E-state index is 13.0. The first-order valence-electron chi connectivity index (χ1n) is 11.9. The molecule has 5 rings (SSSR count). The maximum atomic E-state index is 13.0. The lowest BCUT2D eigenvalue weighted by Gasteiger charge is -2.26. The molecule has 10 heteroatoms. The van der Waals surface area contributed by atoms with Gasteiger partial charge in [-0.3, -0.25) is 4.79 Å². The number of carbonyl (C=O) groups is 1. The monoisotopic (exact) mass is 490 g/mol. The van der Waals surface area contributed by atoms with E-state index in [-0.39, 0.29) is 11.7 Å². The van der Waals surface area contributed by atoms with Crippen LogP contribution >= 0.6 is 11.8 Å². The zero-order valence-corrected chi connectivity index (χ0v) is 20.4. The van der Waals surface area contributed by atoms with Gasteiger partial charge in [-0.05, 0) is 55.9 Å². The highest BCUT2D eigenvalue weighted by molar-refractivity contribution is 7.99. The van der Waals surface area contributed by atoms with Crippen molar-refractivity contribution in [3.8, 4) is 0 Å². The molecule has 3 aliphatic rings. The Hall–Kier alpha value is -1.91. The van der Waals surface area contributed by atoms with E-state index < -0.39 is 10.0 Å². The fourth-order valence-corrected chi connectivity index (χ4v) is 7.26. The second-order valence-corrected chi connectivity index (χ2v) is 11.9. The number of thioether (sulfide) groups is 1. The molecule has 0 bridgehead atoms. The molecule has 1 amide bonds. The molecular formula is C23H30N4O4S2. The lowest BCUT2D eigenvalue weighted by atomic mass is 9.89. The van der Waals surface area contributed by atoms with Gasteiger partial charge < -0.3 is 9.32 Å². The van der Waals surface area contributed by atoms with Gasteiger partial charge in [-0.25, -0.2) is 8.42 Å². The van der Waals surface area contributed by atoms with E-state index in [0.717, 1.165) is 43.4 Å². The normalized spacial score (nSPS) is 20.2. The quantitative estimate of drug-likeness (QED) is 0.565. The minimum absolute atomic E-state index is 0.0391. The predicted octanol–water partition coefficient (Wildman–Crippen LogP) is 3.97. The van der Waals surface area contributed by atoms with E-state index in [4.69, 9.17) is 4.42 Å². The molecule has 3 heterocycles. The summed E-state index contributed by atoms with van der Waals surface area (Å²) < 4.78 is 33.4. The Morgan fingerprint density at radius 3 is 2.58 bits per heavy atom. The Balaban J connectivity index is 1.22. The molecule has 2 fully saturated rings. The van der Waals surface area contributed by atoms with E-state index in [2.05, 4.69) is 10.2 Å². The van der Waals surface area contributed by atoms with Crippen molar-refractivity contribution in [1.82, 2.24) is 14.5 Å². The summed E-state index contributed by atoms with van der Waals surface area (Å²) in [5.41, 5.74) is 1.70. The summed E-state index contributed by atoms with van der Waals surface area (Å²) in [5, 5.41) is 8.76. The van der Waals surface area contributed by atoms with Gasteiger partial charge in [0.25, 0.3) is 5.22 Å². The number of aromatic nitrogens is 2. The topological polar surface area (TPSA) is 96.6 Å². The van der Waals surface area contributed by atoms with Crippen LogP contribution < -0.4 is 4.90 Å². The molecule has 2 aromatic rings. The van der Waals surface area contributed by atoms with Crippen molar-refractivity contribution < 1.29 is 17.6 Å². The molecular weight excluding hydrogens is 460 g/mol. The largest absolute Gasteiger partial charge is 0.416 e. The van der Waals surface area contributed by atoms with Crippen LogP contribution in [0.3, 0.4) is 0 Å². The Bertz CT molecular complexity index is 1110. The molecule has 8 nitrogen and oxygen atoms in total. The van der Waals surface area contributed by atoms with E-state index >= 15 is 0 Å². The van der Waals surface area contributed by atoms with E-state index in [1.54, 1.807) is 27.4 Å². The number of benzene rings is 1. The average Bonchev–Trinajstić information content (AvgIpc) is 3.51. The molecule has 1 aromatic carbocycles. The number of hydrogen-bond acceptors (Lipinski definition) is 7. The molecule has 0 unspecified atom stereocenters. The van der Waals surface area contributed by atoms with Crippen LogP contribution in [0.1, 0.15) is 68.7 Å². The molecule has 0 N–H and O–H groups in total. The standard InChI is InChI=1S/C23H30N4O4S2/c28-21(16-32-23-25-24-22(31-23)17-7-3-1-4-8-17)27-14-11-18-15-19(9-10-20(18)27)33(29,30)26-12-5-2-6-13-26/h9-10,15,17H,1-8,11-14,16H2. The van der Waals surface area contributed by atoms with Crippen molar-refractivity contribution in [1.29, 1.82) is 0 Å². The van der Waals surface area contributed by atoms with Crippen LogP contribution in [0.25, 0.3) is 0 Å². The van der Waals surface area contributed by atoms with Gasteiger partial charge in [0.1, 0.15) is 0 Å². The number of sulfonamides is 1. The van der Waals surface area contributed by atoms with Crippen LogP contribution in [0.2, 0.25) is 0 Å². The van der Waals surface area contributed by atoms with Crippen LogP contribution in [0.15, 0.2) is 32.7 Å². The Morgan fingerprint density at radius 2 is 1.79 bits per heavy atom. The Labute approximate surface area is 199 Å². The molecule has 33 heavy (non-hydrogen) atoms. The van der Waals surface area contributed by atoms with Gasteiger partial charge >= 0.3 is 0 Å². The van der Waals surface area contributed by atoms with Crippen molar-refractivity contribution in [2.45, 2.75) is 73.8 Å². The SMILES string of the molecule is O=C(CSc1nnc(C2CCCCC2)o1)N1CCc2cc(S(=O)(=O)N3CCCCC3)ccc21. The van der Waals surface area contributed by atoms with E-state index in [1.807, 2.05) is 0 Å². The highest BCUT2D eigenvalue weighted by Gasteiger charge is 2.30. The lowest BCUT2D eigenvalue weighted by molar-refractivity contribution is -0.116. The number of carbonyl (C=O) groups excluding carboxylic acids is 1. The fourth-order valence-electron chi connectivity index (χ4n) is 5.05. The maximum Gasteiger partial charge on any atom is 0.277 e. The Kier molecular flexibility index (Phi) is 6.76. The number of nitrogens with zero attached hydrogens (tertiary/aromatic N) is 4. The van der Waals surface area contributed by atoms with E-state index in [0.29, 0.717) is 48.0 Å². The van der Waals surface area contributed by atoms with Gasteiger partial charge in [0.2, 0.25) is 21.8 Å². The Morgan fingerprint density at radius 1 is 1.03 bits per heavy atom. The van der Waals surface area contributed by atoms with Crippen LogP contribution in [0.5, 0.6) is 0 Å². The minimum atomic E-state index is -3.48. The molecule has 0 atom stereocenters. The number of amides is 1. The van der Waals surface area contributed by atoms with Gasteiger partial charge in [-0.2, -0.15) is 4.31 Å². The van der Waals surface area contributed by atoms with Gasteiger partial charge in [-0.1, -0.05) is 37.4 Å². The van der Waals surface area contributed by atoms with E-state index in [1.165, 1.54) is 31.0 Å². The molecule has 1 saturated carbocycles. The molecule has 0 radical (unpaired) electrons. The van der Waals surface area contributed by atoms with Gasteiger partial charge in [0.05, 0.1) is 10.6 Å². The average molecular weight is 491 g/mol.